The molecule has 0 aliphatic rings. The Hall–Kier alpha value is -2.67. The Bertz CT molecular complexity index is 728. The summed E-state index contributed by atoms with van der Waals surface area (Å²) in [4.78, 5) is 23.4. The summed E-state index contributed by atoms with van der Waals surface area (Å²) < 4.78 is 0.923. The van der Waals surface area contributed by atoms with Gasteiger partial charge >= 0.3 is 0 Å². The molecule has 0 saturated heterocycles. The van der Waals surface area contributed by atoms with Crippen molar-refractivity contribution in [2.45, 2.75) is 12.8 Å². The average molecular weight is 390 g/mol. The van der Waals surface area contributed by atoms with Crippen molar-refractivity contribution in [1.82, 2.24) is 5.43 Å². The number of aromatic hydroxyl groups is 1. The predicted molar refractivity (Wildman–Crippen MR) is 95.8 cm³/mol. The molecule has 2 aromatic carbocycles. The van der Waals surface area contributed by atoms with Crippen LogP contribution < -0.4 is 10.7 Å². The molecular formula is C17H16BrN3O3. The topological polar surface area (TPSA) is 90.8 Å². The van der Waals surface area contributed by atoms with Crippen LogP contribution in [0.2, 0.25) is 0 Å². The van der Waals surface area contributed by atoms with E-state index in [9.17, 15) is 9.59 Å². The summed E-state index contributed by atoms with van der Waals surface area (Å²) in [5, 5.41) is 15.7. The lowest BCUT2D eigenvalue weighted by Crippen LogP contribution is -2.20. The fourth-order valence-corrected chi connectivity index (χ4v) is 2.04. The normalized spacial score (nSPS) is 10.5. The molecule has 0 heterocycles. The third-order valence-electron chi connectivity index (χ3n) is 3.00. The lowest BCUT2D eigenvalue weighted by Gasteiger charge is -2.04. The average Bonchev–Trinajstić information content (AvgIpc) is 2.57. The van der Waals surface area contributed by atoms with Gasteiger partial charge in [-0.1, -0.05) is 15.9 Å². The second kappa shape index (κ2) is 8.83. The van der Waals surface area contributed by atoms with Crippen LogP contribution in [0, 0.1) is 0 Å². The zero-order valence-corrected chi connectivity index (χ0v) is 14.3. The number of carbonyl (C=O) groups is 2. The molecule has 2 rings (SSSR count). The predicted octanol–water partition coefficient (Wildman–Crippen LogP) is 3.02. The molecule has 0 saturated carbocycles. The smallest absolute Gasteiger partial charge is 0.240 e. The van der Waals surface area contributed by atoms with Crippen molar-refractivity contribution < 1.29 is 14.7 Å². The minimum Gasteiger partial charge on any atom is -0.508 e. The number of nitrogens with one attached hydrogen (secondary N) is 2. The van der Waals surface area contributed by atoms with Crippen LogP contribution in [-0.2, 0) is 9.59 Å². The summed E-state index contributed by atoms with van der Waals surface area (Å²) in [6, 6.07) is 13.5. The number of nitrogens with zero attached hydrogens (tertiary/aromatic N) is 1. The van der Waals surface area contributed by atoms with E-state index in [1.807, 2.05) is 12.1 Å². The number of hydrogen-bond donors (Lipinski definition) is 3. The van der Waals surface area contributed by atoms with E-state index in [1.165, 1.54) is 18.3 Å². The van der Waals surface area contributed by atoms with Crippen LogP contribution in [0.4, 0.5) is 5.69 Å². The number of benzene rings is 2. The van der Waals surface area contributed by atoms with Crippen molar-refractivity contribution in [3.05, 3.63) is 58.6 Å². The van der Waals surface area contributed by atoms with E-state index in [1.54, 1.807) is 24.3 Å². The Labute approximate surface area is 147 Å². The van der Waals surface area contributed by atoms with E-state index in [-0.39, 0.29) is 30.4 Å². The molecule has 3 N–H and O–H groups in total. The number of anilines is 1. The molecule has 2 amide bonds. The van der Waals surface area contributed by atoms with Gasteiger partial charge in [0.2, 0.25) is 11.8 Å². The molecule has 6 nitrogen and oxygen atoms in total. The first-order chi connectivity index (χ1) is 11.5. The Morgan fingerprint density at radius 1 is 1.00 bits per heavy atom. The zero-order chi connectivity index (χ0) is 17.4. The van der Waals surface area contributed by atoms with Crippen LogP contribution in [0.25, 0.3) is 0 Å². The summed E-state index contributed by atoms with van der Waals surface area (Å²) in [7, 11) is 0. The maximum atomic E-state index is 11.8. The van der Waals surface area contributed by atoms with Gasteiger partial charge in [0, 0.05) is 23.0 Å². The van der Waals surface area contributed by atoms with Gasteiger partial charge in [-0.2, -0.15) is 5.10 Å². The molecule has 2 aromatic rings. The lowest BCUT2D eigenvalue weighted by atomic mass is 10.2. The first kappa shape index (κ1) is 17.7. The molecule has 0 spiro atoms. The number of hydrogen-bond acceptors (Lipinski definition) is 4. The number of phenolic OH excluding ortho intramolecular Hbond substituents is 1. The van der Waals surface area contributed by atoms with Crippen molar-refractivity contribution in [2.75, 3.05) is 5.32 Å². The standard InChI is InChI=1S/C17H16BrN3O3/c18-13-3-5-14(6-4-13)20-16(23)9-10-17(24)21-19-11-12-1-7-15(22)8-2-12/h1-8,11,22H,9-10H2,(H,20,23)(H,21,24). The van der Waals surface area contributed by atoms with E-state index in [0.29, 0.717) is 5.69 Å². The van der Waals surface area contributed by atoms with E-state index in [2.05, 4.69) is 31.8 Å². The quantitative estimate of drug-likeness (QED) is 0.523. The number of hydrazone groups is 1. The molecule has 0 fully saturated rings. The molecule has 0 bridgehead atoms. The highest BCUT2D eigenvalue weighted by molar-refractivity contribution is 9.10. The fourth-order valence-electron chi connectivity index (χ4n) is 1.78. The van der Waals surface area contributed by atoms with E-state index in [0.717, 1.165) is 10.0 Å². The van der Waals surface area contributed by atoms with Gasteiger partial charge in [0.25, 0.3) is 0 Å². The first-order valence-electron chi connectivity index (χ1n) is 7.19. The van der Waals surface area contributed by atoms with E-state index >= 15 is 0 Å². The van der Waals surface area contributed by atoms with Gasteiger partial charge in [0.05, 0.1) is 6.21 Å². The van der Waals surface area contributed by atoms with Crippen molar-refractivity contribution in [3.63, 3.8) is 0 Å². The van der Waals surface area contributed by atoms with Crippen molar-refractivity contribution in [1.29, 1.82) is 0 Å². The van der Waals surface area contributed by atoms with Gasteiger partial charge in [-0.15, -0.1) is 0 Å². The first-order valence-corrected chi connectivity index (χ1v) is 7.98. The van der Waals surface area contributed by atoms with E-state index < -0.39 is 0 Å². The molecule has 0 atom stereocenters. The summed E-state index contributed by atoms with van der Waals surface area (Å²) in [6.45, 7) is 0. The molecule has 0 aliphatic heterocycles. The largest absolute Gasteiger partial charge is 0.508 e. The summed E-state index contributed by atoms with van der Waals surface area (Å²) in [6.07, 6.45) is 1.56. The number of carbonyl (C=O) groups excluding carboxylic acids is 2. The minimum atomic E-state index is -0.351. The number of rotatable bonds is 6. The Balaban J connectivity index is 1.71. The van der Waals surface area contributed by atoms with Crippen LogP contribution in [0.3, 0.4) is 0 Å². The van der Waals surface area contributed by atoms with Gasteiger partial charge in [-0.25, -0.2) is 5.43 Å². The van der Waals surface area contributed by atoms with Crippen molar-refractivity contribution in [2.24, 2.45) is 5.10 Å². The molecule has 0 radical (unpaired) electrons. The summed E-state index contributed by atoms with van der Waals surface area (Å²) in [5.41, 5.74) is 3.77. The Morgan fingerprint density at radius 3 is 2.29 bits per heavy atom. The van der Waals surface area contributed by atoms with Crippen molar-refractivity contribution >= 4 is 39.6 Å². The fraction of sp³-hybridized carbons (Fsp3) is 0.118. The van der Waals surface area contributed by atoms with Gasteiger partial charge in [0.15, 0.2) is 0 Å². The second-order valence-corrected chi connectivity index (χ2v) is 5.86. The molecule has 24 heavy (non-hydrogen) atoms. The van der Waals surface area contributed by atoms with Gasteiger partial charge in [-0.05, 0) is 54.1 Å². The number of halogens is 1. The zero-order valence-electron chi connectivity index (χ0n) is 12.7. The van der Waals surface area contributed by atoms with E-state index in [4.69, 9.17) is 5.11 Å². The minimum absolute atomic E-state index is 0.0370. The number of amides is 2. The van der Waals surface area contributed by atoms with Crippen molar-refractivity contribution in [3.8, 4) is 5.75 Å². The van der Waals surface area contributed by atoms with Crippen LogP contribution in [0.1, 0.15) is 18.4 Å². The highest BCUT2D eigenvalue weighted by Crippen LogP contribution is 2.14. The van der Waals surface area contributed by atoms with Crippen LogP contribution in [-0.4, -0.2) is 23.1 Å². The third kappa shape index (κ3) is 6.21. The maximum absolute atomic E-state index is 11.8. The van der Waals surface area contributed by atoms with Gasteiger partial charge < -0.3 is 10.4 Å². The van der Waals surface area contributed by atoms with Crippen LogP contribution in [0.15, 0.2) is 58.1 Å². The molecule has 0 unspecified atom stereocenters. The SMILES string of the molecule is O=C(CCC(=O)Nc1ccc(Br)cc1)NN=Cc1ccc(O)cc1. The lowest BCUT2D eigenvalue weighted by molar-refractivity contribution is -0.124. The monoisotopic (exact) mass is 389 g/mol. The molecule has 0 aliphatic carbocycles. The van der Waals surface area contributed by atoms with Crippen LogP contribution in [0.5, 0.6) is 5.75 Å². The summed E-state index contributed by atoms with van der Waals surface area (Å²) in [5.74, 6) is -0.432. The Kier molecular flexibility index (Phi) is 6.51. The van der Waals surface area contributed by atoms with Gasteiger partial charge in [0.1, 0.15) is 5.75 Å². The highest BCUT2D eigenvalue weighted by Gasteiger charge is 2.06. The molecule has 7 heteroatoms. The summed E-state index contributed by atoms with van der Waals surface area (Å²) >= 11 is 3.31. The maximum Gasteiger partial charge on any atom is 0.240 e. The highest BCUT2D eigenvalue weighted by atomic mass is 79.9. The molecular weight excluding hydrogens is 374 g/mol. The number of phenols is 1. The molecule has 0 aromatic heterocycles. The van der Waals surface area contributed by atoms with Crippen LogP contribution >= 0.6 is 15.9 Å². The van der Waals surface area contributed by atoms with Gasteiger partial charge in [-0.3, -0.25) is 9.59 Å². The Morgan fingerprint density at radius 2 is 1.62 bits per heavy atom. The second-order valence-electron chi connectivity index (χ2n) is 4.94. The third-order valence-corrected chi connectivity index (χ3v) is 3.53. The molecule has 124 valence electrons.